The molecule has 0 aliphatic heterocycles. The van der Waals surface area contributed by atoms with Crippen LogP contribution in [0.5, 0.6) is 17.2 Å². The van der Waals surface area contributed by atoms with Crippen molar-refractivity contribution in [1.29, 1.82) is 0 Å². The first kappa shape index (κ1) is 37.2. The van der Waals surface area contributed by atoms with Crippen LogP contribution in [0.15, 0.2) is 48.8 Å². The third-order valence-electron chi connectivity index (χ3n) is 7.66. The molecular formula is C33H34Cl2F2N2O10S. The number of nitrogens with zero attached hydrogens (tertiary/aromatic N) is 1. The van der Waals surface area contributed by atoms with Gasteiger partial charge >= 0.3 is 18.6 Å². The van der Waals surface area contributed by atoms with Gasteiger partial charge in [0.1, 0.15) is 21.9 Å². The van der Waals surface area contributed by atoms with E-state index in [0.717, 1.165) is 44.3 Å². The van der Waals surface area contributed by atoms with E-state index >= 15 is 0 Å². The molecule has 0 amide bonds. The molecule has 2 fully saturated rings. The second kappa shape index (κ2) is 16.3. The minimum atomic E-state index is -3.66. The number of esters is 2. The number of ether oxygens (including phenoxy) is 5. The third kappa shape index (κ3) is 11.5. The fraction of sp³-hybridized carbons (Fsp3) is 0.424. The highest BCUT2D eigenvalue weighted by Crippen LogP contribution is 2.38. The summed E-state index contributed by atoms with van der Waals surface area (Å²) >= 11 is 12.6. The maximum atomic E-state index is 13.1. The van der Waals surface area contributed by atoms with Crippen molar-refractivity contribution in [2.45, 2.75) is 51.2 Å². The van der Waals surface area contributed by atoms with Crippen LogP contribution in [0.4, 0.5) is 14.5 Å². The fourth-order valence-electron chi connectivity index (χ4n) is 4.80. The lowest BCUT2D eigenvalue weighted by molar-refractivity contribution is -0.605. The number of sulfonamides is 1. The van der Waals surface area contributed by atoms with E-state index < -0.39 is 41.3 Å². The SMILES string of the molecule is CS(=O)(=O)Nc1cc(CC(=O)OCC(=O)O[C@@H](Cc2c(Cl)c[n+]([O-])cc2Cl)c2ccc(OC(F)F)c(OCC3CC3)c2)ccc1OCC1CC1. The van der Waals surface area contributed by atoms with Gasteiger partial charge in [0.2, 0.25) is 10.0 Å². The molecule has 1 heterocycles. The van der Waals surface area contributed by atoms with Gasteiger partial charge in [-0.05, 0) is 72.9 Å². The number of aromatic nitrogens is 1. The Balaban J connectivity index is 1.29. The zero-order chi connectivity index (χ0) is 36.0. The average molecular weight is 760 g/mol. The Bertz CT molecular complexity index is 1800. The number of hydrogen-bond acceptors (Lipinski definition) is 10. The molecule has 0 radical (unpaired) electrons. The van der Waals surface area contributed by atoms with Gasteiger partial charge in [-0.1, -0.05) is 35.3 Å². The summed E-state index contributed by atoms with van der Waals surface area (Å²) in [5, 5.41) is 11.8. The highest BCUT2D eigenvalue weighted by Gasteiger charge is 2.27. The molecule has 0 bridgehead atoms. The summed E-state index contributed by atoms with van der Waals surface area (Å²) < 4.78 is 79.9. The monoisotopic (exact) mass is 758 g/mol. The highest BCUT2D eigenvalue weighted by molar-refractivity contribution is 7.92. The zero-order valence-electron chi connectivity index (χ0n) is 26.7. The first-order valence-electron chi connectivity index (χ1n) is 15.6. The van der Waals surface area contributed by atoms with Crippen molar-refractivity contribution in [2.75, 3.05) is 30.8 Å². The molecule has 270 valence electrons. The van der Waals surface area contributed by atoms with Crippen molar-refractivity contribution < 1.29 is 55.2 Å². The summed E-state index contributed by atoms with van der Waals surface area (Å²) in [5.41, 5.74) is 1.09. The molecule has 12 nitrogen and oxygen atoms in total. The lowest BCUT2D eigenvalue weighted by atomic mass is 10.0. The van der Waals surface area contributed by atoms with Crippen LogP contribution >= 0.6 is 23.2 Å². The van der Waals surface area contributed by atoms with E-state index in [-0.39, 0.29) is 63.7 Å². The predicted molar refractivity (Wildman–Crippen MR) is 177 cm³/mol. The van der Waals surface area contributed by atoms with Gasteiger partial charge in [-0.3, -0.25) is 9.52 Å². The van der Waals surface area contributed by atoms with Crippen LogP contribution in [0.1, 0.15) is 48.5 Å². The Morgan fingerprint density at radius 3 is 2.16 bits per heavy atom. The quantitative estimate of drug-likeness (QED) is 0.0958. The summed E-state index contributed by atoms with van der Waals surface area (Å²) in [6, 6.07) is 8.61. The Kier molecular flexibility index (Phi) is 12.1. The lowest BCUT2D eigenvalue weighted by Crippen LogP contribution is -2.26. The van der Waals surface area contributed by atoms with Crippen molar-refractivity contribution in [3.05, 3.63) is 80.7 Å². The zero-order valence-corrected chi connectivity index (χ0v) is 29.1. The molecule has 1 N–H and O–H groups in total. The molecule has 1 atom stereocenters. The first-order valence-corrected chi connectivity index (χ1v) is 18.2. The van der Waals surface area contributed by atoms with Crippen molar-refractivity contribution in [2.24, 2.45) is 11.8 Å². The van der Waals surface area contributed by atoms with E-state index in [9.17, 15) is 32.0 Å². The summed E-state index contributed by atoms with van der Waals surface area (Å²) in [6.07, 6.45) is 5.45. The summed E-state index contributed by atoms with van der Waals surface area (Å²) in [5.74, 6) is -0.989. The van der Waals surface area contributed by atoms with Gasteiger partial charge in [0.05, 0.1) is 31.6 Å². The van der Waals surface area contributed by atoms with E-state index in [4.69, 9.17) is 42.1 Å². The fourth-order valence-corrected chi connectivity index (χ4v) is 5.95. The Morgan fingerprint density at radius 1 is 0.940 bits per heavy atom. The number of benzene rings is 2. The van der Waals surface area contributed by atoms with Crippen LogP contribution in [-0.4, -0.2) is 53.0 Å². The van der Waals surface area contributed by atoms with E-state index in [1.54, 1.807) is 12.1 Å². The number of nitrogens with one attached hydrogen (secondary N) is 1. The molecule has 0 spiro atoms. The Morgan fingerprint density at radius 2 is 1.56 bits per heavy atom. The molecule has 5 rings (SSSR count). The number of carbonyl (C=O) groups excluding carboxylic acids is 2. The molecule has 1 aromatic heterocycles. The summed E-state index contributed by atoms with van der Waals surface area (Å²) in [4.78, 5) is 25.8. The van der Waals surface area contributed by atoms with Gasteiger partial charge in [-0.2, -0.15) is 13.5 Å². The molecule has 0 unspecified atom stereocenters. The number of halogens is 4. The van der Waals surface area contributed by atoms with Gasteiger partial charge in [0.25, 0.3) is 0 Å². The highest BCUT2D eigenvalue weighted by atomic mass is 35.5. The molecule has 17 heteroatoms. The van der Waals surface area contributed by atoms with E-state index in [2.05, 4.69) is 9.46 Å². The largest absolute Gasteiger partial charge is 0.619 e. The molecular weight excluding hydrogens is 725 g/mol. The molecule has 2 aliphatic rings. The molecule has 2 aromatic carbocycles. The number of rotatable bonds is 18. The van der Waals surface area contributed by atoms with Gasteiger partial charge in [-0.15, -0.1) is 0 Å². The average Bonchev–Trinajstić information content (AvgIpc) is 3.95. The van der Waals surface area contributed by atoms with E-state index in [1.165, 1.54) is 24.3 Å². The normalized spacial score (nSPS) is 14.9. The molecule has 0 saturated heterocycles. The number of hydrogen-bond donors (Lipinski definition) is 1. The van der Waals surface area contributed by atoms with Gasteiger partial charge in [-0.25, -0.2) is 13.2 Å². The smallest absolute Gasteiger partial charge is 0.387 e. The standard InChI is InChI=1S/C33H34Cl2F2N2O10S/c1-50(43,44)38-26-10-21(6-8-27(26)45-16-19-2-3-19)11-31(40)47-18-32(41)48-29(13-23-24(34)14-39(42)15-25(23)35)22-7-9-28(49-33(36)37)30(12-22)46-17-20-4-5-20/h6-10,12,14-15,19-20,29,33,38H,2-5,11,13,16-18H2,1H3/t29-/m0/s1. The first-order chi connectivity index (χ1) is 23.7. The van der Waals surface area contributed by atoms with E-state index in [1.807, 2.05) is 0 Å². The van der Waals surface area contributed by atoms with E-state index in [0.29, 0.717) is 28.6 Å². The number of alkyl halides is 2. The summed E-state index contributed by atoms with van der Waals surface area (Å²) in [6.45, 7) is -3.21. The lowest BCUT2D eigenvalue weighted by Gasteiger charge is -2.21. The maximum absolute atomic E-state index is 13.1. The number of carbonyl (C=O) groups is 2. The minimum absolute atomic E-state index is 0.00137. The second-order valence-corrected chi connectivity index (χ2v) is 14.7. The Hall–Kier alpha value is -4.08. The van der Waals surface area contributed by atoms with Crippen molar-refractivity contribution in [1.82, 2.24) is 0 Å². The van der Waals surface area contributed by atoms with Gasteiger partial charge in [0.15, 0.2) is 30.5 Å². The predicted octanol–water partition coefficient (Wildman–Crippen LogP) is 5.79. The van der Waals surface area contributed by atoms with Crippen molar-refractivity contribution >= 4 is 50.9 Å². The van der Waals surface area contributed by atoms with Gasteiger partial charge < -0.3 is 28.9 Å². The Labute approximate surface area is 297 Å². The van der Waals surface area contributed by atoms with Crippen LogP contribution in [0.3, 0.4) is 0 Å². The molecule has 2 aliphatic carbocycles. The number of anilines is 1. The van der Waals surface area contributed by atoms with Crippen LogP contribution in [-0.2, 0) is 41.9 Å². The van der Waals surface area contributed by atoms with Crippen LogP contribution in [0.2, 0.25) is 10.0 Å². The van der Waals surface area contributed by atoms with Gasteiger partial charge in [0, 0.05) is 12.0 Å². The molecule has 2 saturated carbocycles. The van der Waals surface area contributed by atoms with Crippen LogP contribution < -0.4 is 23.7 Å². The van der Waals surface area contributed by atoms with Crippen molar-refractivity contribution in [3.8, 4) is 17.2 Å². The second-order valence-electron chi connectivity index (χ2n) is 12.1. The summed E-state index contributed by atoms with van der Waals surface area (Å²) in [7, 11) is -3.66. The van der Waals surface area contributed by atoms with Crippen LogP contribution in [0.25, 0.3) is 0 Å². The maximum Gasteiger partial charge on any atom is 0.387 e. The van der Waals surface area contributed by atoms with Crippen molar-refractivity contribution in [3.63, 3.8) is 0 Å². The molecule has 3 aromatic rings. The third-order valence-corrected chi connectivity index (χ3v) is 8.90. The molecule has 50 heavy (non-hydrogen) atoms. The minimum Gasteiger partial charge on any atom is -0.619 e. The topological polar surface area (TPSA) is 153 Å². The number of pyridine rings is 1. The van der Waals surface area contributed by atoms with Crippen LogP contribution in [0, 0.1) is 17.0 Å².